The predicted octanol–water partition coefficient (Wildman–Crippen LogP) is 1.14. The Bertz CT molecular complexity index is 682. The van der Waals surface area contributed by atoms with Gasteiger partial charge in [0.25, 0.3) is 0 Å². The van der Waals surface area contributed by atoms with Gasteiger partial charge in [0.2, 0.25) is 5.91 Å². The highest BCUT2D eigenvalue weighted by molar-refractivity contribution is 6.04. The van der Waals surface area contributed by atoms with Gasteiger partial charge >= 0.3 is 5.97 Å². The third kappa shape index (κ3) is 1.74. The number of rotatable bonds is 2. The number of aliphatic carboxylic acids is 1. The van der Waals surface area contributed by atoms with Crippen LogP contribution in [0.4, 0.5) is 10.2 Å². The number of H-pyrrole nitrogens is 1. The van der Waals surface area contributed by atoms with E-state index >= 15 is 0 Å². The molecule has 0 bridgehead atoms. The van der Waals surface area contributed by atoms with Crippen molar-refractivity contribution in [1.29, 1.82) is 0 Å². The number of benzene rings is 1. The Hall–Kier alpha value is -2.44. The molecule has 3 rings (SSSR count). The number of carboxylic acids is 1. The highest BCUT2D eigenvalue weighted by Gasteiger charge is 2.37. The van der Waals surface area contributed by atoms with Gasteiger partial charge in [0.05, 0.1) is 16.8 Å². The smallest absolute Gasteiger partial charge is 0.308 e. The summed E-state index contributed by atoms with van der Waals surface area (Å²) in [6.45, 7) is 0.0163. The summed E-state index contributed by atoms with van der Waals surface area (Å²) in [7, 11) is 0. The lowest BCUT2D eigenvalue weighted by atomic mass is 10.1. The number of anilines is 1. The Labute approximate surface area is 106 Å². The van der Waals surface area contributed by atoms with Crippen LogP contribution in [-0.2, 0) is 9.59 Å². The Kier molecular flexibility index (Phi) is 2.48. The normalized spacial score (nSPS) is 19.3. The number of hydrogen-bond donors (Lipinski definition) is 2. The Morgan fingerprint density at radius 1 is 1.53 bits per heavy atom. The number of halogens is 1. The zero-order valence-electron chi connectivity index (χ0n) is 9.76. The molecule has 0 saturated carbocycles. The van der Waals surface area contributed by atoms with Crippen LogP contribution in [0.15, 0.2) is 18.2 Å². The summed E-state index contributed by atoms with van der Waals surface area (Å²) in [5.41, 5.74) is 0.474. The zero-order chi connectivity index (χ0) is 13.6. The molecule has 7 heteroatoms. The molecule has 2 heterocycles. The summed E-state index contributed by atoms with van der Waals surface area (Å²) in [4.78, 5) is 24.0. The van der Waals surface area contributed by atoms with Crippen LogP contribution in [-0.4, -0.2) is 33.7 Å². The van der Waals surface area contributed by atoms with Gasteiger partial charge in [-0.15, -0.1) is 0 Å². The molecule has 2 N–H and O–H groups in total. The second kappa shape index (κ2) is 4.04. The molecule has 19 heavy (non-hydrogen) atoms. The van der Waals surface area contributed by atoms with Crippen LogP contribution in [0.1, 0.15) is 6.42 Å². The number of fused-ring (bicyclic) bond motifs is 1. The molecular weight excluding hydrogens is 253 g/mol. The van der Waals surface area contributed by atoms with Crippen molar-refractivity contribution >= 4 is 28.6 Å². The molecule has 2 aromatic rings. The van der Waals surface area contributed by atoms with Crippen molar-refractivity contribution in [2.75, 3.05) is 11.4 Å². The minimum Gasteiger partial charge on any atom is -0.481 e. The number of nitrogens with zero attached hydrogens (tertiary/aromatic N) is 2. The van der Waals surface area contributed by atoms with E-state index in [1.54, 1.807) is 6.07 Å². The number of carboxylic acid groups (broad SMARTS) is 1. The third-order valence-corrected chi connectivity index (χ3v) is 3.25. The first kappa shape index (κ1) is 11.6. The number of nitrogens with one attached hydrogen (secondary N) is 1. The van der Waals surface area contributed by atoms with Crippen LogP contribution in [0.5, 0.6) is 0 Å². The predicted molar refractivity (Wildman–Crippen MR) is 64.1 cm³/mol. The summed E-state index contributed by atoms with van der Waals surface area (Å²) >= 11 is 0. The molecule has 1 aliphatic rings. The molecule has 0 radical (unpaired) electrons. The van der Waals surface area contributed by atoms with E-state index in [0.29, 0.717) is 5.52 Å². The second-order valence-electron chi connectivity index (χ2n) is 4.45. The molecule has 98 valence electrons. The largest absolute Gasteiger partial charge is 0.481 e. The summed E-state index contributed by atoms with van der Waals surface area (Å²) in [6, 6.07) is 4.45. The van der Waals surface area contributed by atoms with Crippen molar-refractivity contribution in [3.8, 4) is 0 Å². The first-order chi connectivity index (χ1) is 9.08. The van der Waals surface area contributed by atoms with Crippen molar-refractivity contribution < 1.29 is 19.1 Å². The quantitative estimate of drug-likeness (QED) is 0.850. The summed E-state index contributed by atoms with van der Waals surface area (Å²) in [6.07, 6.45) is -0.0852. The molecule has 0 aliphatic carbocycles. The topological polar surface area (TPSA) is 86.3 Å². The van der Waals surface area contributed by atoms with E-state index in [0.717, 1.165) is 0 Å². The molecule has 1 saturated heterocycles. The van der Waals surface area contributed by atoms with E-state index in [1.807, 2.05) is 0 Å². The fourth-order valence-corrected chi connectivity index (χ4v) is 2.29. The molecule has 1 amide bonds. The van der Waals surface area contributed by atoms with Gasteiger partial charge in [0.1, 0.15) is 5.82 Å². The molecule has 0 spiro atoms. The lowest BCUT2D eigenvalue weighted by molar-refractivity contribution is -0.141. The van der Waals surface area contributed by atoms with Gasteiger partial charge in [-0.2, -0.15) is 5.10 Å². The standard InChI is InChI=1S/C12H10FN3O3/c13-7-2-1-3-8-10(7)11(15-14-8)16-5-6(12(18)19)4-9(16)17/h1-3,6H,4-5H2,(H,14,15)(H,18,19). The molecule has 1 aliphatic heterocycles. The second-order valence-corrected chi connectivity index (χ2v) is 4.45. The Balaban J connectivity index is 2.06. The van der Waals surface area contributed by atoms with Gasteiger partial charge < -0.3 is 5.11 Å². The van der Waals surface area contributed by atoms with Gasteiger partial charge in [-0.05, 0) is 12.1 Å². The number of aromatic nitrogens is 2. The number of amides is 1. The van der Waals surface area contributed by atoms with Gasteiger partial charge in [-0.1, -0.05) is 6.07 Å². The van der Waals surface area contributed by atoms with Crippen molar-refractivity contribution in [2.24, 2.45) is 5.92 Å². The van der Waals surface area contributed by atoms with Gasteiger partial charge in [-0.3, -0.25) is 19.6 Å². The summed E-state index contributed by atoms with van der Waals surface area (Å²) in [5.74, 6) is -2.50. The molecule has 1 fully saturated rings. The van der Waals surface area contributed by atoms with Crippen molar-refractivity contribution in [3.63, 3.8) is 0 Å². The highest BCUT2D eigenvalue weighted by atomic mass is 19.1. The van der Waals surface area contributed by atoms with Gasteiger partial charge in [0.15, 0.2) is 5.82 Å². The average Bonchev–Trinajstić information content (AvgIpc) is 2.93. The Morgan fingerprint density at radius 3 is 3.00 bits per heavy atom. The number of aromatic amines is 1. The van der Waals surface area contributed by atoms with Crippen LogP contribution in [0, 0.1) is 11.7 Å². The first-order valence-corrected chi connectivity index (χ1v) is 5.73. The molecule has 1 aromatic heterocycles. The van der Waals surface area contributed by atoms with Crippen molar-refractivity contribution in [2.45, 2.75) is 6.42 Å². The van der Waals surface area contributed by atoms with Crippen molar-refractivity contribution in [1.82, 2.24) is 10.2 Å². The number of carbonyl (C=O) groups is 2. The van der Waals surface area contributed by atoms with Crippen molar-refractivity contribution in [3.05, 3.63) is 24.0 Å². The van der Waals surface area contributed by atoms with Crippen LogP contribution < -0.4 is 4.90 Å². The molecule has 1 unspecified atom stereocenters. The lowest BCUT2D eigenvalue weighted by Gasteiger charge is -2.13. The highest BCUT2D eigenvalue weighted by Crippen LogP contribution is 2.31. The minimum atomic E-state index is -1.03. The lowest BCUT2D eigenvalue weighted by Crippen LogP contribution is -2.26. The maximum Gasteiger partial charge on any atom is 0.308 e. The average molecular weight is 263 g/mol. The van der Waals surface area contributed by atoms with Gasteiger partial charge in [-0.25, -0.2) is 4.39 Å². The van der Waals surface area contributed by atoms with E-state index in [4.69, 9.17) is 5.11 Å². The SMILES string of the molecule is O=C(O)C1CC(=O)N(c2n[nH]c3cccc(F)c23)C1. The summed E-state index contributed by atoms with van der Waals surface area (Å²) < 4.78 is 13.8. The maximum absolute atomic E-state index is 13.8. The first-order valence-electron chi connectivity index (χ1n) is 5.73. The van der Waals surface area contributed by atoms with E-state index < -0.39 is 17.7 Å². The molecule has 1 atom stereocenters. The van der Waals surface area contributed by atoms with Crippen LogP contribution in [0.2, 0.25) is 0 Å². The fourth-order valence-electron chi connectivity index (χ4n) is 2.29. The van der Waals surface area contributed by atoms with E-state index in [1.165, 1.54) is 17.0 Å². The molecule has 6 nitrogen and oxygen atoms in total. The fraction of sp³-hybridized carbons (Fsp3) is 0.250. The van der Waals surface area contributed by atoms with Crippen LogP contribution >= 0.6 is 0 Å². The maximum atomic E-state index is 13.8. The molecule has 1 aromatic carbocycles. The van der Waals surface area contributed by atoms with Gasteiger partial charge in [0, 0.05) is 13.0 Å². The number of hydrogen-bond acceptors (Lipinski definition) is 3. The minimum absolute atomic E-state index is 0.0163. The van der Waals surface area contributed by atoms with Crippen LogP contribution in [0.25, 0.3) is 10.9 Å². The van der Waals surface area contributed by atoms with E-state index in [9.17, 15) is 14.0 Å². The monoisotopic (exact) mass is 263 g/mol. The number of carbonyl (C=O) groups excluding carboxylic acids is 1. The molecular formula is C12H10FN3O3. The van der Waals surface area contributed by atoms with E-state index in [2.05, 4.69) is 10.2 Å². The summed E-state index contributed by atoms with van der Waals surface area (Å²) in [5, 5.41) is 15.7. The third-order valence-electron chi connectivity index (χ3n) is 3.25. The van der Waals surface area contributed by atoms with E-state index in [-0.39, 0.29) is 30.1 Å². The zero-order valence-corrected chi connectivity index (χ0v) is 9.76. The van der Waals surface area contributed by atoms with Crippen LogP contribution in [0.3, 0.4) is 0 Å². The Morgan fingerprint density at radius 2 is 2.32 bits per heavy atom.